The fraction of sp³-hybridized carbons (Fsp3) is 0.333. The summed E-state index contributed by atoms with van der Waals surface area (Å²) in [4.78, 5) is 22.2. The van der Waals surface area contributed by atoms with Crippen molar-refractivity contribution in [2.24, 2.45) is 0 Å². The Hall–Kier alpha value is -1.88. The van der Waals surface area contributed by atoms with E-state index in [-0.39, 0.29) is 25.4 Å². The Morgan fingerprint density at radius 3 is 2.53 bits per heavy atom. The first-order valence-electron chi connectivity index (χ1n) is 5.29. The molecule has 1 aromatic carbocycles. The van der Waals surface area contributed by atoms with Crippen LogP contribution in [0.25, 0.3) is 0 Å². The molecule has 1 amide bonds. The van der Waals surface area contributed by atoms with Crippen molar-refractivity contribution in [1.29, 1.82) is 0 Å². The average Bonchev–Trinajstić information content (AvgIpc) is 2.35. The van der Waals surface area contributed by atoms with E-state index in [2.05, 4.69) is 5.32 Å². The number of carbonyl (C=O) groups is 2. The van der Waals surface area contributed by atoms with Crippen molar-refractivity contribution in [3.63, 3.8) is 0 Å². The number of amides is 1. The largest absolute Gasteiger partial charge is 0.461 e. The SMILES string of the molecule is O=C(CCC(=O)OCc1ccccc1)NCO. The molecule has 5 heteroatoms. The molecule has 0 bridgehead atoms. The van der Waals surface area contributed by atoms with Gasteiger partial charge in [-0.2, -0.15) is 0 Å². The van der Waals surface area contributed by atoms with Crippen LogP contribution in [0.1, 0.15) is 18.4 Å². The van der Waals surface area contributed by atoms with Crippen LogP contribution in [0.4, 0.5) is 0 Å². The van der Waals surface area contributed by atoms with Crippen LogP contribution in [0.2, 0.25) is 0 Å². The van der Waals surface area contributed by atoms with E-state index in [0.717, 1.165) is 5.56 Å². The van der Waals surface area contributed by atoms with Crippen LogP contribution in [0.5, 0.6) is 0 Å². The second-order valence-electron chi connectivity index (χ2n) is 3.40. The molecule has 5 nitrogen and oxygen atoms in total. The van der Waals surface area contributed by atoms with Crippen molar-refractivity contribution in [3.8, 4) is 0 Å². The molecule has 1 rings (SSSR count). The molecule has 0 saturated heterocycles. The maximum atomic E-state index is 11.3. The lowest BCUT2D eigenvalue weighted by Crippen LogP contribution is -2.24. The predicted molar refractivity (Wildman–Crippen MR) is 60.7 cm³/mol. The van der Waals surface area contributed by atoms with Crippen LogP contribution >= 0.6 is 0 Å². The second-order valence-corrected chi connectivity index (χ2v) is 3.40. The number of rotatable bonds is 6. The quantitative estimate of drug-likeness (QED) is 0.560. The Labute approximate surface area is 99.4 Å². The summed E-state index contributed by atoms with van der Waals surface area (Å²) in [7, 11) is 0. The molecule has 0 radical (unpaired) electrons. The van der Waals surface area contributed by atoms with E-state index in [4.69, 9.17) is 9.84 Å². The van der Waals surface area contributed by atoms with Gasteiger partial charge in [0.15, 0.2) is 0 Å². The molecule has 0 spiro atoms. The van der Waals surface area contributed by atoms with Gasteiger partial charge in [-0.05, 0) is 5.56 Å². The zero-order chi connectivity index (χ0) is 12.5. The fourth-order valence-electron chi connectivity index (χ4n) is 1.20. The van der Waals surface area contributed by atoms with Crippen LogP contribution in [0.3, 0.4) is 0 Å². The zero-order valence-corrected chi connectivity index (χ0v) is 9.39. The Morgan fingerprint density at radius 2 is 1.88 bits per heavy atom. The molecule has 17 heavy (non-hydrogen) atoms. The topological polar surface area (TPSA) is 75.6 Å². The summed E-state index contributed by atoms with van der Waals surface area (Å²) in [6.07, 6.45) is 0.0346. The van der Waals surface area contributed by atoms with Crippen LogP contribution in [0.15, 0.2) is 30.3 Å². The van der Waals surface area contributed by atoms with Crippen LogP contribution in [-0.4, -0.2) is 23.7 Å². The summed E-state index contributed by atoms with van der Waals surface area (Å²) in [6.45, 7) is -0.209. The molecule has 0 fully saturated rings. The molecule has 2 N–H and O–H groups in total. The molecule has 0 unspecified atom stereocenters. The lowest BCUT2D eigenvalue weighted by Gasteiger charge is -2.04. The number of esters is 1. The Bertz CT molecular complexity index is 364. The van der Waals surface area contributed by atoms with Gasteiger partial charge in [-0.1, -0.05) is 30.3 Å². The smallest absolute Gasteiger partial charge is 0.306 e. The van der Waals surface area contributed by atoms with E-state index >= 15 is 0 Å². The van der Waals surface area contributed by atoms with E-state index in [9.17, 15) is 9.59 Å². The summed E-state index contributed by atoms with van der Waals surface area (Å²) in [6, 6.07) is 9.30. The van der Waals surface area contributed by atoms with Gasteiger partial charge in [0.2, 0.25) is 5.91 Å². The number of hydrogen-bond acceptors (Lipinski definition) is 4. The summed E-state index contributed by atoms with van der Waals surface area (Å²) in [5.74, 6) is -0.800. The Morgan fingerprint density at radius 1 is 1.18 bits per heavy atom. The minimum Gasteiger partial charge on any atom is -0.461 e. The van der Waals surface area contributed by atoms with Crippen molar-refractivity contribution in [1.82, 2.24) is 5.32 Å². The Kier molecular flexibility index (Phi) is 5.74. The van der Waals surface area contributed by atoms with Crippen LogP contribution in [-0.2, 0) is 20.9 Å². The molecule has 92 valence electrons. The Balaban J connectivity index is 2.20. The first-order valence-corrected chi connectivity index (χ1v) is 5.29. The number of benzene rings is 1. The van der Waals surface area contributed by atoms with Gasteiger partial charge < -0.3 is 15.2 Å². The number of hydrogen-bond donors (Lipinski definition) is 2. The van der Waals surface area contributed by atoms with E-state index in [1.54, 1.807) is 0 Å². The first-order chi connectivity index (χ1) is 8.22. The third-order valence-corrected chi connectivity index (χ3v) is 2.08. The standard InChI is InChI=1S/C12H15NO4/c14-9-13-11(15)6-7-12(16)17-8-10-4-2-1-3-5-10/h1-5,14H,6-9H2,(H,13,15). The zero-order valence-electron chi connectivity index (χ0n) is 9.39. The van der Waals surface area contributed by atoms with Gasteiger partial charge in [0.05, 0.1) is 6.42 Å². The highest BCUT2D eigenvalue weighted by molar-refractivity contribution is 5.81. The van der Waals surface area contributed by atoms with Crippen LogP contribution in [0, 0.1) is 0 Å². The third-order valence-electron chi connectivity index (χ3n) is 2.08. The second kappa shape index (κ2) is 7.40. The number of aliphatic hydroxyl groups excluding tert-OH is 1. The molecule has 0 saturated carbocycles. The van der Waals surface area contributed by atoms with Gasteiger partial charge in [-0.25, -0.2) is 0 Å². The van der Waals surface area contributed by atoms with Gasteiger partial charge in [0, 0.05) is 6.42 Å². The summed E-state index contributed by atoms with van der Waals surface area (Å²) in [5, 5.41) is 10.6. The normalized spacial score (nSPS) is 9.71. The van der Waals surface area contributed by atoms with E-state index in [1.807, 2.05) is 30.3 Å². The molecule has 0 aliphatic carbocycles. The van der Waals surface area contributed by atoms with E-state index < -0.39 is 12.7 Å². The third kappa shape index (κ3) is 5.67. The minimum atomic E-state index is -0.429. The predicted octanol–water partition coefficient (Wildman–Crippen LogP) is 0.576. The van der Waals surface area contributed by atoms with Crippen molar-refractivity contribution in [3.05, 3.63) is 35.9 Å². The number of aliphatic hydroxyl groups is 1. The molecule has 0 aromatic heterocycles. The van der Waals surface area contributed by atoms with Crippen LogP contribution < -0.4 is 5.32 Å². The monoisotopic (exact) mass is 237 g/mol. The lowest BCUT2D eigenvalue weighted by molar-refractivity contribution is -0.146. The fourth-order valence-corrected chi connectivity index (χ4v) is 1.20. The highest BCUT2D eigenvalue weighted by Crippen LogP contribution is 2.02. The number of carbonyl (C=O) groups excluding carboxylic acids is 2. The average molecular weight is 237 g/mol. The molecule has 1 aromatic rings. The van der Waals surface area contributed by atoms with Crippen molar-refractivity contribution >= 4 is 11.9 Å². The highest BCUT2D eigenvalue weighted by atomic mass is 16.5. The van der Waals surface area contributed by atoms with Gasteiger partial charge in [-0.15, -0.1) is 0 Å². The lowest BCUT2D eigenvalue weighted by atomic mass is 10.2. The summed E-state index contributed by atoms with van der Waals surface area (Å²) < 4.78 is 4.98. The summed E-state index contributed by atoms with van der Waals surface area (Å²) in [5.41, 5.74) is 0.903. The number of nitrogens with one attached hydrogen (secondary N) is 1. The van der Waals surface area contributed by atoms with Gasteiger partial charge in [-0.3, -0.25) is 9.59 Å². The maximum Gasteiger partial charge on any atom is 0.306 e. The van der Waals surface area contributed by atoms with E-state index in [1.165, 1.54) is 0 Å². The summed E-state index contributed by atoms with van der Waals surface area (Å²) >= 11 is 0. The molecule has 0 aliphatic heterocycles. The molecular weight excluding hydrogens is 222 g/mol. The van der Waals surface area contributed by atoms with Crippen molar-refractivity contribution < 1.29 is 19.4 Å². The maximum absolute atomic E-state index is 11.3. The van der Waals surface area contributed by atoms with Crippen molar-refractivity contribution in [2.45, 2.75) is 19.4 Å². The van der Waals surface area contributed by atoms with Gasteiger partial charge >= 0.3 is 5.97 Å². The van der Waals surface area contributed by atoms with Gasteiger partial charge in [0.1, 0.15) is 13.3 Å². The molecule has 0 heterocycles. The van der Waals surface area contributed by atoms with Crippen molar-refractivity contribution in [2.75, 3.05) is 6.73 Å². The molecular formula is C12H15NO4. The van der Waals surface area contributed by atoms with E-state index in [0.29, 0.717) is 0 Å². The first kappa shape index (κ1) is 13.2. The number of ether oxygens (including phenoxy) is 1. The molecule has 0 aliphatic rings. The molecule has 0 atom stereocenters. The minimum absolute atomic E-state index is 0.0126. The van der Waals surface area contributed by atoms with Gasteiger partial charge in [0.25, 0.3) is 0 Å². The highest BCUT2D eigenvalue weighted by Gasteiger charge is 2.07.